The molecule has 1 heterocycles. The van der Waals surface area contributed by atoms with Gasteiger partial charge in [-0.15, -0.1) is 0 Å². The molecule has 28 heavy (non-hydrogen) atoms. The summed E-state index contributed by atoms with van der Waals surface area (Å²) in [5, 5.41) is 9.63. The Balaban J connectivity index is 1.99. The van der Waals surface area contributed by atoms with Crippen LogP contribution < -0.4 is 18.9 Å². The first-order valence-electron chi connectivity index (χ1n) is 7.95. The van der Waals surface area contributed by atoms with Crippen LogP contribution in [0, 0.1) is 5.82 Å². The van der Waals surface area contributed by atoms with Gasteiger partial charge in [0.2, 0.25) is 11.8 Å². The van der Waals surface area contributed by atoms with E-state index in [4.69, 9.17) is 18.9 Å². The number of aromatic carboxylic acids is 1. The predicted octanol–water partition coefficient (Wildman–Crippen LogP) is 3.92. The number of rotatable bonds is 7. The molecule has 0 aliphatic heterocycles. The van der Waals surface area contributed by atoms with Crippen LogP contribution in [-0.4, -0.2) is 35.3 Å². The highest BCUT2D eigenvalue weighted by Gasteiger charge is 2.21. The number of aromatic nitrogens is 2. The van der Waals surface area contributed by atoms with Gasteiger partial charge in [0.25, 0.3) is 0 Å². The van der Waals surface area contributed by atoms with Gasteiger partial charge in [0.15, 0.2) is 0 Å². The summed E-state index contributed by atoms with van der Waals surface area (Å²) in [6, 6.07) is 10.9. The quantitative estimate of drug-likeness (QED) is 0.652. The van der Waals surface area contributed by atoms with Crippen molar-refractivity contribution in [1.29, 1.82) is 0 Å². The minimum Gasteiger partial charge on any atom is -0.481 e. The molecule has 0 aliphatic carbocycles. The second kappa shape index (κ2) is 8.21. The van der Waals surface area contributed by atoms with E-state index in [1.165, 1.54) is 56.7 Å². The van der Waals surface area contributed by atoms with Crippen LogP contribution in [0.1, 0.15) is 10.4 Å². The molecule has 0 radical (unpaired) electrons. The van der Waals surface area contributed by atoms with Crippen molar-refractivity contribution in [3.05, 3.63) is 59.9 Å². The first-order chi connectivity index (χ1) is 13.5. The van der Waals surface area contributed by atoms with Gasteiger partial charge < -0.3 is 24.1 Å². The number of hydrogen-bond acceptors (Lipinski definition) is 7. The molecule has 2 aromatic carbocycles. The maximum absolute atomic E-state index is 13.4. The van der Waals surface area contributed by atoms with Gasteiger partial charge >= 0.3 is 12.0 Å². The van der Waals surface area contributed by atoms with E-state index in [9.17, 15) is 14.3 Å². The second-order valence-electron chi connectivity index (χ2n) is 5.33. The summed E-state index contributed by atoms with van der Waals surface area (Å²) < 4.78 is 34.5. The smallest absolute Gasteiger partial charge is 0.343 e. The Labute approximate surface area is 159 Å². The zero-order valence-electron chi connectivity index (χ0n) is 14.9. The van der Waals surface area contributed by atoms with Gasteiger partial charge in [-0.25, -0.2) is 9.18 Å². The zero-order valence-corrected chi connectivity index (χ0v) is 14.9. The Morgan fingerprint density at radius 2 is 1.54 bits per heavy atom. The maximum Gasteiger partial charge on any atom is 0.343 e. The van der Waals surface area contributed by atoms with Crippen molar-refractivity contribution in [3.8, 4) is 35.0 Å². The summed E-state index contributed by atoms with van der Waals surface area (Å²) in [6.45, 7) is 0. The lowest BCUT2D eigenvalue weighted by Crippen LogP contribution is -2.05. The molecule has 0 saturated carbocycles. The molecule has 9 heteroatoms. The lowest BCUT2D eigenvalue weighted by atomic mass is 10.1. The average molecular weight is 386 g/mol. The van der Waals surface area contributed by atoms with Crippen LogP contribution >= 0.6 is 0 Å². The van der Waals surface area contributed by atoms with Crippen molar-refractivity contribution in [2.24, 2.45) is 0 Å². The Hall–Kier alpha value is -3.88. The van der Waals surface area contributed by atoms with Gasteiger partial charge in [-0.2, -0.15) is 9.97 Å². The topological polar surface area (TPSA) is 100 Å². The summed E-state index contributed by atoms with van der Waals surface area (Å²) in [6.07, 6.45) is 0. The summed E-state index contributed by atoms with van der Waals surface area (Å²) in [7, 11) is 2.81. The highest BCUT2D eigenvalue weighted by atomic mass is 19.1. The van der Waals surface area contributed by atoms with Crippen molar-refractivity contribution < 1.29 is 33.2 Å². The third-order valence-corrected chi connectivity index (χ3v) is 3.50. The number of carboxylic acids is 1. The summed E-state index contributed by atoms with van der Waals surface area (Å²) >= 11 is 0. The van der Waals surface area contributed by atoms with Gasteiger partial charge in [-0.1, -0.05) is 12.1 Å². The van der Waals surface area contributed by atoms with Gasteiger partial charge in [0.1, 0.15) is 28.6 Å². The summed E-state index contributed by atoms with van der Waals surface area (Å²) in [5.74, 6) is -1.45. The number of carbonyl (C=O) groups is 1. The van der Waals surface area contributed by atoms with Gasteiger partial charge in [0.05, 0.1) is 20.3 Å². The molecule has 0 amide bonds. The molecule has 0 spiro atoms. The molecule has 0 atom stereocenters. The molecule has 144 valence electrons. The van der Waals surface area contributed by atoms with E-state index in [2.05, 4.69) is 9.97 Å². The van der Waals surface area contributed by atoms with Crippen molar-refractivity contribution >= 4 is 5.97 Å². The molecular formula is C19H15FN2O6. The highest BCUT2D eigenvalue weighted by Crippen LogP contribution is 2.34. The molecule has 1 N–H and O–H groups in total. The number of benzene rings is 2. The summed E-state index contributed by atoms with van der Waals surface area (Å²) in [4.78, 5) is 19.8. The van der Waals surface area contributed by atoms with Crippen LogP contribution in [-0.2, 0) is 0 Å². The van der Waals surface area contributed by atoms with E-state index in [1.807, 2.05) is 0 Å². The van der Waals surface area contributed by atoms with Crippen molar-refractivity contribution in [2.75, 3.05) is 14.2 Å². The van der Waals surface area contributed by atoms with Crippen LogP contribution in [0.5, 0.6) is 35.0 Å². The number of carboxylic acid groups (broad SMARTS) is 1. The van der Waals surface area contributed by atoms with E-state index < -0.39 is 11.8 Å². The molecule has 0 aliphatic rings. The SMILES string of the molecule is COc1cc(OC)nc(Oc2cccc(Oc3cccc(F)c3)c2C(=O)O)n1. The molecule has 0 unspecified atom stereocenters. The van der Waals surface area contributed by atoms with Crippen LogP contribution in [0.4, 0.5) is 4.39 Å². The Kier molecular flexibility index (Phi) is 5.54. The Bertz CT molecular complexity index is 989. The van der Waals surface area contributed by atoms with E-state index in [1.54, 1.807) is 0 Å². The van der Waals surface area contributed by atoms with Crippen LogP contribution in [0.3, 0.4) is 0 Å². The maximum atomic E-state index is 13.4. The fourth-order valence-electron chi connectivity index (χ4n) is 2.29. The predicted molar refractivity (Wildman–Crippen MR) is 95.1 cm³/mol. The number of hydrogen-bond donors (Lipinski definition) is 1. The lowest BCUT2D eigenvalue weighted by molar-refractivity contribution is 0.0691. The lowest BCUT2D eigenvalue weighted by Gasteiger charge is -2.13. The zero-order chi connectivity index (χ0) is 20.1. The van der Waals surface area contributed by atoms with Crippen LogP contribution in [0.25, 0.3) is 0 Å². The third kappa shape index (κ3) is 4.26. The molecule has 0 bridgehead atoms. The summed E-state index contributed by atoms with van der Waals surface area (Å²) in [5.41, 5.74) is -0.280. The largest absolute Gasteiger partial charge is 0.481 e. The van der Waals surface area contributed by atoms with E-state index >= 15 is 0 Å². The molecule has 3 aromatic rings. The van der Waals surface area contributed by atoms with E-state index in [0.29, 0.717) is 0 Å². The van der Waals surface area contributed by atoms with Crippen molar-refractivity contribution in [3.63, 3.8) is 0 Å². The fraction of sp³-hybridized carbons (Fsp3) is 0.105. The van der Waals surface area contributed by atoms with E-state index in [0.717, 1.165) is 6.07 Å². The normalized spacial score (nSPS) is 10.2. The third-order valence-electron chi connectivity index (χ3n) is 3.50. The average Bonchev–Trinajstić information content (AvgIpc) is 2.67. The first-order valence-corrected chi connectivity index (χ1v) is 7.95. The number of ether oxygens (including phenoxy) is 4. The second-order valence-corrected chi connectivity index (χ2v) is 5.33. The van der Waals surface area contributed by atoms with Crippen LogP contribution in [0.15, 0.2) is 48.5 Å². The van der Waals surface area contributed by atoms with Gasteiger partial charge in [-0.3, -0.25) is 0 Å². The number of halogens is 1. The molecule has 1 aromatic heterocycles. The highest BCUT2D eigenvalue weighted by molar-refractivity contribution is 5.94. The number of methoxy groups -OCH3 is 2. The molecule has 3 rings (SSSR count). The molecule has 0 fully saturated rings. The monoisotopic (exact) mass is 386 g/mol. The van der Waals surface area contributed by atoms with Gasteiger partial charge in [-0.05, 0) is 24.3 Å². The minimum absolute atomic E-state index is 0.0366. The van der Waals surface area contributed by atoms with Crippen LogP contribution in [0.2, 0.25) is 0 Å². The Morgan fingerprint density at radius 3 is 2.11 bits per heavy atom. The van der Waals surface area contributed by atoms with Crippen molar-refractivity contribution in [1.82, 2.24) is 9.97 Å². The van der Waals surface area contributed by atoms with E-state index in [-0.39, 0.29) is 40.6 Å². The molecule has 0 saturated heterocycles. The standard InChI is InChI=1S/C19H15FN2O6/c1-25-15-10-16(26-2)22-19(21-15)28-14-8-4-7-13(17(14)18(23)24)27-12-6-3-5-11(20)9-12/h3-10H,1-2H3,(H,23,24). The first kappa shape index (κ1) is 18.9. The molecule has 8 nitrogen and oxygen atoms in total. The number of nitrogens with zero attached hydrogens (tertiary/aromatic N) is 2. The van der Waals surface area contributed by atoms with Crippen molar-refractivity contribution in [2.45, 2.75) is 0 Å². The minimum atomic E-state index is -1.31. The molecular weight excluding hydrogens is 371 g/mol. The fourth-order valence-corrected chi connectivity index (χ4v) is 2.29. The van der Waals surface area contributed by atoms with Gasteiger partial charge in [0, 0.05) is 6.07 Å². The Morgan fingerprint density at radius 1 is 0.929 bits per heavy atom.